The zero-order valence-corrected chi connectivity index (χ0v) is 14.6. The molecular weight excluding hydrogens is 361 g/mol. The van der Waals surface area contributed by atoms with Crippen LogP contribution >= 0.6 is 0 Å². The molecule has 1 aromatic heterocycles. The summed E-state index contributed by atoms with van der Waals surface area (Å²) in [4.78, 5) is 23.9. The molecule has 0 spiro atoms. The van der Waals surface area contributed by atoms with E-state index in [0.717, 1.165) is 35.4 Å². The number of halogens is 3. The molecule has 1 aromatic carbocycles. The number of carbonyl (C=O) groups excluding carboxylic acids is 2. The van der Waals surface area contributed by atoms with E-state index >= 15 is 0 Å². The summed E-state index contributed by atoms with van der Waals surface area (Å²) in [6.07, 6.45) is -1.31. The van der Waals surface area contributed by atoms with Crippen molar-refractivity contribution >= 4 is 17.5 Å². The number of rotatable bonds is 4. The maximum Gasteiger partial charge on any atom is 0.435 e. The first-order valence-electron chi connectivity index (χ1n) is 8.56. The first kappa shape index (κ1) is 18.9. The molecule has 9 heteroatoms. The second-order valence-corrected chi connectivity index (χ2v) is 6.48. The third-order valence-corrected chi connectivity index (χ3v) is 4.46. The fraction of sp³-hybridized carbons (Fsp3) is 0.389. The van der Waals surface area contributed by atoms with Crippen molar-refractivity contribution in [1.82, 2.24) is 15.1 Å². The first-order valence-corrected chi connectivity index (χ1v) is 8.56. The molecule has 0 saturated carbocycles. The minimum Gasteiger partial charge on any atom is -0.349 e. The Kier molecular flexibility index (Phi) is 5.20. The summed E-state index contributed by atoms with van der Waals surface area (Å²) in [5.41, 5.74) is 0.330. The number of anilines is 1. The molecule has 0 bridgehead atoms. The minimum absolute atomic E-state index is 0.00605. The Hall–Kier alpha value is -2.84. The van der Waals surface area contributed by atoms with Crippen LogP contribution in [0.5, 0.6) is 0 Å². The van der Waals surface area contributed by atoms with E-state index in [-0.39, 0.29) is 11.9 Å². The van der Waals surface area contributed by atoms with E-state index in [9.17, 15) is 22.8 Å². The van der Waals surface area contributed by atoms with Gasteiger partial charge in [0, 0.05) is 18.3 Å². The Morgan fingerprint density at radius 1 is 1.37 bits per heavy atom. The maximum absolute atomic E-state index is 12.7. The van der Waals surface area contributed by atoms with Crippen LogP contribution in [0.4, 0.5) is 18.9 Å². The Labute approximate surface area is 153 Å². The Morgan fingerprint density at radius 2 is 2.15 bits per heavy atom. The molecule has 27 heavy (non-hydrogen) atoms. The van der Waals surface area contributed by atoms with Gasteiger partial charge in [-0.15, -0.1) is 0 Å². The average Bonchev–Trinajstić information content (AvgIpc) is 3.12. The highest BCUT2D eigenvalue weighted by Gasteiger charge is 2.34. The summed E-state index contributed by atoms with van der Waals surface area (Å²) in [5, 5.41) is 9.02. The number of alkyl halides is 3. The summed E-state index contributed by atoms with van der Waals surface area (Å²) in [7, 11) is 0. The standard InChI is InChI=1S/C18H19F3N4O2/c1-11(25-9-8-15(24-25)18(19,20)21)17(27)22-13-5-2-4-12(10-13)14-6-3-7-16(26)23-14/h2,4-5,8-11,14H,3,6-7H2,1H3,(H,22,27)(H,23,26). The summed E-state index contributed by atoms with van der Waals surface area (Å²) in [6, 6.07) is 6.86. The molecule has 1 aliphatic rings. The van der Waals surface area contributed by atoms with Gasteiger partial charge in [-0.1, -0.05) is 12.1 Å². The first-order chi connectivity index (χ1) is 12.7. The van der Waals surface area contributed by atoms with E-state index in [1.807, 2.05) is 6.07 Å². The highest BCUT2D eigenvalue weighted by Crippen LogP contribution is 2.28. The molecule has 3 rings (SSSR count). The van der Waals surface area contributed by atoms with Gasteiger partial charge in [-0.05, 0) is 43.5 Å². The molecule has 6 nitrogen and oxygen atoms in total. The van der Waals surface area contributed by atoms with Crippen molar-refractivity contribution in [2.75, 3.05) is 5.32 Å². The lowest BCUT2D eigenvalue weighted by Crippen LogP contribution is -2.32. The zero-order chi connectivity index (χ0) is 19.6. The second kappa shape index (κ2) is 7.42. The van der Waals surface area contributed by atoms with Gasteiger partial charge in [0.25, 0.3) is 0 Å². The molecule has 0 radical (unpaired) electrons. The zero-order valence-electron chi connectivity index (χ0n) is 14.6. The lowest BCUT2D eigenvalue weighted by Gasteiger charge is -2.24. The van der Waals surface area contributed by atoms with Gasteiger partial charge in [-0.3, -0.25) is 14.3 Å². The Balaban J connectivity index is 1.69. The van der Waals surface area contributed by atoms with Crippen LogP contribution in [0.3, 0.4) is 0 Å². The van der Waals surface area contributed by atoms with Gasteiger partial charge in [-0.25, -0.2) is 0 Å². The van der Waals surface area contributed by atoms with E-state index in [2.05, 4.69) is 15.7 Å². The number of carbonyl (C=O) groups is 2. The molecule has 2 unspecified atom stereocenters. The minimum atomic E-state index is -4.56. The van der Waals surface area contributed by atoms with Gasteiger partial charge in [0.2, 0.25) is 11.8 Å². The molecule has 0 aliphatic carbocycles. The van der Waals surface area contributed by atoms with Crippen LogP contribution in [0.1, 0.15) is 49.5 Å². The largest absolute Gasteiger partial charge is 0.435 e. The van der Waals surface area contributed by atoms with Crippen LogP contribution in [-0.4, -0.2) is 21.6 Å². The molecule has 2 amide bonds. The van der Waals surface area contributed by atoms with E-state index in [1.54, 1.807) is 18.2 Å². The lowest BCUT2D eigenvalue weighted by molar-refractivity contribution is -0.141. The van der Waals surface area contributed by atoms with Crippen LogP contribution in [-0.2, 0) is 15.8 Å². The summed E-state index contributed by atoms with van der Waals surface area (Å²) < 4.78 is 38.9. The van der Waals surface area contributed by atoms with Crippen LogP contribution in [0.25, 0.3) is 0 Å². The van der Waals surface area contributed by atoms with Crippen molar-refractivity contribution in [3.8, 4) is 0 Å². The molecule has 2 atom stereocenters. The molecule has 1 saturated heterocycles. The quantitative estimate of drug-likeness (QED) is 0.853. The molecular formula is C18H19F3N4O2. The van der Waals surface area contributed by atoms with Crippen LogP contribution in [0.15, 0.2) is 36.5 Å². The molecule has 144 valence electrons. The highest BCUT2D eigenvalue weighted by atomic mass is 19.4. The van der Waals surface area contributed by atoms with Crippen molar-refractivity contribution in [2.24, 2.45) is 0 Å². The van der Waals surface area contributed by atoms with E-state index < -0.39 is 23.8 Å². The number of piperidine rings is 1. The number of nitrogens with zero attached hydrogens (tertiary/aromatic N) is 2. The molecule has 1 fully saturated rings. The van der Waals surface area contributed by atoms with Crippen molar-refractivity contribution in [3.63, 3.8) is 0 Å². The smallest absolute Gasteiger partial charge is 0.349 e. The molecule has 2 N–H and O–H groups in total. The predicted octanol–water partition coefficient (Wildman–Crippen LogP) is 3.44. The van der Waals surface area contributed by atoms with E-state index in [0.29, 0.717) is 12.1 Å². The van der Waals surface area contributed by atoms with Crippen LogP contribution in [0, 0.1) is 0 Å². The fourth-order valence-corrected chi connectivity index (χ4v) is 2.96. The predicted molar refractivity (Wildman–Crippen MR) is 91.7 cm³/mol. The SMILES string of the molecule is CC(C(=O)Nc1cccc(C2CCCC(=O)N2)c1)n1ccc(C(F)(F)F)n1. The van der Waals surface area contributed by atoms with Crippen LogP contribution in [0.2, 0.25) is 0 Å². The van der Waals surface area contributed by atoms with Gasteiger partial charge >= 0.3 is 6.18 Å². The third-order valence-electron chi connectivity index (χ3n) is 4.46. The van der Waals surface area contributed by atoms with Crippen molar-refractivity contribution < 1.29 is 22.8 Å². The highest BCUT2D eigenvalue weighted by molar-refractivity contribution is 5.93. The van der Waals surface area contributed by atoms with Gasteiger partial charge in [0.1, 0.15) is 6.04 Å². The topological polar surface area (TPSA) is 76.0 Å². The summed E-state index contributed by atoms with van der Waals surface area (Å²) >= 11 is 0. The maximum atomic E-state index is 12.7. The number of aromatic nitrogens is 2. The fourth-order valence-electron chi connectivity index (χ4n) is 2.96. The Bertz CT molecular complexity index is 847. The van der Waals surface area contributed by atoms with Gasteiger partial charge in [0.15, 0.2) is 5.69 Å². The summed E-state index contributed by atoms with van der Waals surface area (Å²) in [5.74, 6) is -0.495. The molecule has 2 heterocycles. The molecule has 2 aromatic rings. The van der Waals surface area contributed by atoms with Crippen molar-refractivity contribution in [3.05, 3.63) is 47.8 Å². The number of amides is 2. The monoisotopic (exact) mass is 380 g/mol. The van der Waals surface area contributed by atoms with Gasteiger partial charge in [0.05, 0.1) is 6.04 Å². The summed E-state index contributed by atoms with van der Waals surface area (Å²) in [6.45, 7) is 1.47. The van der Waals surface area contributed by atoms with E-state index in [1.165, 1.54) is 6.92 Å². The van der Waals surface area contributed by atoms with E-state index in [4.69, 9.17) is 0 Å². The Morgan fingerprint density at radius 3 is 2.81 bits per heavy atom. The second-order valence-electron chi connectivity index (χ2n) is 6.48. The van der Waals surface area contributed by atoms with Crippen LogP contribution < -0.4 is 10.6 Å². The normalized spacial score (nSPS) is 18.7. The number of benzene rings is 1. The van der Waals surface area contributed by atoms with Crippen molar-refractivity contribution in [2.45, 2.75) is 44.4 Å². The lowest BCUT2D eigenvalue weighted by atomic mass is 9.97. The molecule has 1 aliphatic heterocycles. The number of hydrogen-bond acceptors (Lipinski definition) is 3. The van der Waals surface area contributed by atoms with Crippen molar-refractivity contribution in [1.29, 1.82) is 0 Å². The van der Waals surface area contributed by atoms with Gasteiger partial charge in [-0.2, -0.15) is 18.3 Å². The number of nitrogens with one attached hydrogen (secondary N) is 2. The van der Waals surface area contributed by atoms with Gasteiger partial charge < -0.3 is 10.6 Å². The number of hydrogen-bond donors (Lipinski definition) is 2. The average molecular weight is 380 g/mol. The third kappa shape index (κ3) is 4.47.